The molecule has 2 aromatic rings. The summed E-state index contributed by atoms with van der Waals surface area (Å²) in [5.41, 5.74) is 1.35. The maximum Gasteiger partial charge on any atom is 0.275 e. The lowest BCUT2D eigenvalue weighted by atomic mass is 10.0. The van der Waals surface area contributed by atoms with Crippen molar-refractivity contribution in [3.8, 4) is 22.6 Å². The molecule has 21 heavy (non-hydrogen) atoms. The number of nitrogens with zero attached hydrogens (tertiary/aromatic N) is 1. The standard InChI is InChI=1S/C15H15NO5/c1-20-13-4-3-5-14(21-2)15(13)10-6-7-11(9-17)12(8-10)16(18)19/h3-8,17H,9H2,1-2H3. The molecule has 0 unspecified atom stereocenters. The van der Waals surface area contributed by atoms with Gasteiger partial charge >= 0.3 is 0 Å². The number of benzene rings is 2. The van der Waals surface area contributed by atoms with Crippen LogP contribution in [0.2, 0.25) is 0 Å². The van der Waals surface area contributed by atoms with E-state index in [-0.39, 0.29) is 17.9 Å². The van der Waals surface area contributed by atoms with E-state index in [0.717, 1.165) is 0 Å². The van der Waals surface area contributed by atoms with Gasteiger partial charge in [0.1, 0.15) is 11.5 Å². The van der Waals surface area contributed by atoms with Crippen LogP contribution in [0.4, 0.5) is 5.69 Å². The van der Waals surface area contributed by atoms with E-state index < -0.39 is 4.92 Å². The fourth-order valence-electron chi connectivity index (χ4n) is 2.16. The maximum atomic E-state index is 11.1. The van der Waals surface area contributed by atoms with E-state index in [1.807, 2.05) is 0 Å². The average Bonchev–Trinajstić information content (AvgIpc) is 2.53. The van der Waals surface area contributed by atoms with Crippen molar-refractivity contribution in [2.24, 2.45) is 0 Å². The van der Waals surface area contributed by atoms with Gasteiger partial charge in [-0.15, -0.1) is 0 Å². The molecule has 2 aromatic carbocycles. The van der Waals surface area contributed by atoms with E-state index in [2.05, 4.69) is 0 Å². The van der Waals surface area contributed by atoms with Gasteiger partial charge in [-0.1, -0.05) is 12.1 Å². The average molecular weight is 289 g/mol. The van der Waals surface area contributed by atoms with Gasteiger partial charge in [0.15, 0.2) is 0 Å². The zero-order valence-electron chi connectivity index (χ0n) is 11.7. The second kappa shape index (κ2) is 6.23. The van der Waals surface area contributed by atoms with Crippen LogP contribution in [-0.2, 0) is 6.61 Å². The molecule has 0 aliphatic heterocycles. The van der Waals surface area contributed by atoms with Crippen molar-refractivity contribution in [1.29, 1.82) is 0 Å². The van der Waals surface area contributed by atoms with Gasteiger partial charge in [0, 0.05) is 6.07 Å². The molecule has 0 aliphatic rings. The van der Waals surface area contributed by atoms with Crippen molar-refractivity contribution in [3.63, 3.8) is 0 Å². The van der Waals surface area contributed by atoms with Crippen molar-refractivity contribution in [2.45, 2.75) is 6.61 Å². The van der Waals surface area contributed by atoms with E-state index in [9.17, 15) is 15.2 Å². The molecule has 0 spiro atoms. The number of aliphatic hydroxyl groups excluding tert-OH is 1. The molecule has 110 valence electrons. The normalized spacial score (nSPS) is 10.2. The highest BCUT2D eigenvalue weighted by molar-refractivity contribution is 5.78. The summed E-state index contributed by atoms with van der Waals surface area (Å²) in [6, 6.07) is 9.91. The zero-order chi connectivity index (χ0) is 15.4. The number of hydrogen-bond acceptors (Lipinski definition) is 5. The van der Waals surface area contributed by atoms with Crippen LogP contribution in [0.3, 0.4) is 0 Å². The first-order valence-corrected chi connectivity index (χ1v) is 6.22. The molecule has 0 heterocycles. The van der Waals surface area contributed by atoms with Crippen LogP contribution in [0.1, 0.15) is 5.56 Å². The van der Waals surface area contributed by atoms with Gasteiger partial charge in [0.25, 0.3) is 5.69 Å². The fourth-order valence-corrected chi connectivity index (χ4v) is 2.16. The molecule has 2 rings (SSSR count). The quantitative estimate of drug-likeness (QED) is 0.676. The second-order valence-corrected chi connectivity index (χ2v) is 4.30. The first-order valence-electron chi connectivity index (χ1n) is 6.22. The van der Waals surface area contributed by atoms with E-state index in [1.165, 1.54) is 26.4 Å². The van der Waals surface area contributed by atoms with Crippen LogP contribution in [0.5, 0.6) is 11.5 Å². The van der Waals surface area contributed by atoms with Gasteiger partial charge in [-0.05, 0) is 23.8 Å². The molecule has 1 N–H and O–H groups in total. The number of hydrogen-bond donors (Lipinski definition) is 1. The molecule has 0 bridgehead atoms. The molecule has 0 aromatic heterocycles. The number of aliphatic hydroxyl groups is 1. The Hall–Kier alpha value is -2.60. The molecule has 0 radical (unpaired) electrons. The van der Waals surface area contributed by atoms with Gasteiger partial charge in [-0.3, -0.25) is 10.1 Å². The summed E-state index contributed by atoms with van der Waals surface area (Å²) >= 11 is 0. The minimum atomic E-state index is -0.517. The molecule has 0 aliphatic carbocycles. The van der Waals surface area contributed by atoms with E-state index in [0.29, 0.717) is 22.6 Å². The fraction of sp³-hybridized carbons (Fsp3) is 0.200. The predicted molar refractivity (Wildman–Crippen MR) is 77.6 cm³/mol. The van der Waals surface area contributed by atoms with Crippen molar-refractivity contribution < 1.29 is 19.5 Å². The number of ether oxygens (including phenoxy) is 2. The minimum Gasteiger partial charge on any atom is -0.496 e. The topological polar surface area (TPSA) is 81.8 Å². The van der Waals surface area contributed by atoms with Crippen molar-refractivity contribution in [3.05, 3.63) is 52.1 Å². The van der Waals surface area contributed by atoms with E-state index in [1.54, 1.807) is 24.3 Å². The Labute approximate surface area is 121 Å². The first kappa shape index (κ1) is 14.8. The molecule has 0 saturated carbocycles. The van der Waals surface area contributed by atoms with Gasteiger partial charge in [-0.25, -0.2) is 0 Å². The Balaban J connectivity index is 2.67. The number of nitro benzene ring substituents is 1. The summed E-state index contributed by atoms with van der Waals surface area (Å²) in [4.78, 5) is 10.6. The molecule has 0 amide bonds. The largest absolute Gasteiger partial charge is 0.496 e. The molecule has 6 nitrogen and oxygen atoms in total. The number of rotatable bonds is 5. The van der Waals surface area contributed by atoms with Crippen LogP contribution < -0.4 is 9.47 Å². The van der Waals surface area contributed by atoms with Gasteiger partial charge < -0.3 is 14.6 Å². The third-order valence-electron chi connectivity index (χ3n) is 3.17. The minimum absolute atomic E-state index is 0.136. The highest BCUT2D eigenvalue weighted by Gasteiger charge is 2.18. The van der Waals surface area contributed by atoms with E-state index in [4.69, 9.17) is 9.47 Å². The maximum absolute atomic E-state index is 11.1. The molecule has 0 saturated heterocycles. The van der Waals surface area contributed by atoms with Crippen molar-refractivity contribution in [1.82, 2.24) is 0 Å². The summed E-state index contributed by atoms with van der Waals surface area (Å²) in [5.74, 6) is 1.11. The highest BCUT2D eigenvalue weighted by Crippen LogP contribution is 2.39. The van der Waals surface area contributed by atoms with Crippen molar-refractivity contribution in [2.75, 3.05) is 14.2 Å². The monoisotopic (exact) mass is 289 g/mol. The Morgan fingerprint density at radius 2 is 1.76 bits per heavy atom. The third-order valence-corrected chi connectivity index (χ3v) is 3.17. The number of methoxy groups -OCH3 is 2. The zero-order valence-corrected chi connectivity index (χ0v) is 11.7. The second-order valence-electron chi connectivity index (χ2n) is 4.30. The molecular formula is C15H15NO5. The van der Waals surface area contributed by atoms with Gasteiger partial charge in [-0.2, -0.15) is 0 Å². The predicted octanol–water partition coefficient (Wildman–Crippen LogP) is 2.77. The molecule has 0 atom stereocenters. The van der Waals surface area contributed by atoms with Crippen LogP contribution in [-0.4, -0.2) is 24.2 Å². The summed E-state index contributed by atoms with van der Waals surface area (Å²) in [7, 11) is 3.05. The van der Waals surface area contributed by atoms with Crippen LogP contribution in [0, 0.1) is 10.1 Å². The molecule has 6 heteroatoms. The molecular weight excluding hydrogens is 274 g/mol. The third kappa shape index (κ3) is 2.80. The van der Waals surface area contributed by atoms with Crippen molar-refractivity contribution >= 4 is 5.69 Å². The lowest BCUT2D eigenvalue weighted by Gasteiger charge is -2.13. The summed E-state index contributed by atoms with van der Waals surface area (Å²) in [6.07, 6.45) is 0. The van der Waals surface area contributed by atoms with E-state index >= 15 is 0 Å². The van der Waals surface area contributed by atoms with Gasteiger partial charge in [0.2, 0.25) is 0 Å². The first-order chi connectivity index (χ1) is 10.1. The lowest BCUT2D eigenvalue weighted by Crippen LogP contribution is -1.97. The Kier molecular flexibility index (Phi) is 4.39. The summed E-state index contributed by atoms with van der Waals surface area (Å²) in [6.45, 7) is -0.389. The Morgan fingerprint density at radius 3 is 2.24 bits per heavy atom. The van der Waals surface area contributed by atoms with Crippen LogP contribution in [0.25, 0.3) is 11.1 Å². The Bertz CT molecular complexity index is 647. The number of nitro groups is 1. The SMILES string of the molecule is COc1cccc(OC)c1-c1ccc(CO)c([N+](=O)[O-])c1. The van der Waals surface area contributed by atoms with Crippen LogP contribution in [0.15, 0.2) is 36.4 Å². The lowest BCUT2D eigenvalue weighted by molar-refractivity contribution is -0.385. The molecule has 0 fully saturated rings. The summed E-state index contributed by atoms with van der Waals surface area (Å²) in [5, 5.41) is 20.3. The Morgan fingerprint density at radius 1 is 1.14 bits per heavy atom. The highest BCUT2D eigenvalue weighted by atomic mass is 16.6. The summed E-state index contributed by atoms with van der Waals surface area (Å²) < 4.78 is 10.6. The van der Waals surface area contributed by atoms with Gasteiger partial charge in [0.05, 0.1) is 36.9 Å². The van der Waals surface area contributed by atoms with Crippen LogP contribution >= 0.6 is 0 Å². The smallest absolute Gasteiger partial charge is 0.275 e.